The largest absolute Gasteiger partial charge is 0.339 e. The Morgan fingerprint density at radius 3 is 2.55 bits per heavy atom. The van der Waals surface area contributed by atoms with Crippen molar-refractivity contribution in [1.82, 2.24) is 14.8 Å². The maximum Gasteiger partial charge on any atom is 0.253 e. The number of aromatic nitrogens is 1. The number of piperidine rings is 1. The van der Waals surface area contributed by atoms with Gasteiger partial charge in [0.15, 0.2) is 0 Å². The van der Waals surface area contributed by atoms with E-state index < -0.39 is 0 Å². The number of likely N-dealkylation sites (tertiary alicyclic amines) is 1. The van der Waals surface area contributed by atoms with Gasteiger partial charge in [0.05, 0.1) is 0 Å². The molecule has 0 bridgehead atoms. The molecule has 0 atom stereocenters. The third-order valence-electron chi connectivity index (χ3n) is 7.19. The average molecular weight is 449 g/mol. The van der Waals surface area contributed by atoms with Gasteiger partial charge in [-0.2, -0.15) is 0 Å². The fourth-order valence-corrected chi connectivity index (χ4v) is 5.06. The minimum Gasteiger partial charge on any atom is -0.339 e. The van der Waals surface area contributed by atoms with Gasteiger partial charge in [-0.1, -0.05) is 31.4 Å². The Bertz CT molecular complexity index is 919. The first kappa shape index (κ1) is 23.4. The predicted molar refractivity (Wildman–Crippen MR) is 131 cm³/mol. The molecule has 2 fully saturated rings. The van der Waals surface area contributed by atoms with E-state index >= 15 is 0 Å². The summed E-state index contributed by atoms with van der Waals surface area (Å²) in [6.07, 6.45) is 10.2. The summed E-state index contributed by atoms with van der Waals surface area (Å²) in [5, 5.41) is 3.04. The van der Waals surface area contributed by atoms with Gasteiger partial charge in [-0.15, -0.1) is 0 Å². The first-order valence-corrected chi connectivity index (χ1v) is 12.4. The van der Waals surface area contributed by atoms with Gasteiger partial charge >= 0.3 is 0 Å². The predicted octanol–water partition coefficient (Wildman–Crippen LogP) is 4.38. The van der Waals surface area contributed by atoms with Crippen molar-refractivity contribution in [2.45, 2.75) is 57.4 Å². The third kappa shape index (κ3) is 6.41. The van der Waals surface area contributed by atoms with E-state index in [1.165, 1.54) is 6.42 Å². The van der Waals surface area contributed by atoms with Gasteiger partial charge in [0.2, 0.25) is 5.91 Å². The molecule has 2 aliphatic rings. The van der Waals surface area contributed by atoms with Crippen molar-refractivity contribution in [3.63, 3.8) is 0 Å². The topological polar surface area (TPSA) is 65.5 Å². The van der Waals surface area contributed by atoms with Gasteiger partial charge in [0.1, 0.15) is 0 Å². The molecule has 6 heteroatoms. The first-order chi connectivity index (χ1) is 16.1. The standard InChI is InChI=1S/C27H36N4O2/c1-30(25-14-18-31(19-15-25)17-13-23-11-5-6-16-28-23)27(33)22-10-7-12-24(20-22)29-26(32)21-8-3-2-4-9-21/h5-7,10-12,16,20-21,25H,2-4,8-9,13-15,17-19H2,1H3,(H,29,32). The van der Waals surface area contributed by atoms with Gasteiger partial charge in [0, 0.05) is 68.2 Å². The molecule has 2 aromatic rings. The van der Waals surface area contributed by atoms with Crippen LogP contribution in [0.25, 0.3) is 0 Å². The number of hydrogen-bond donors (Lipinski definition) is 1. The van der Waals surface area contributed by atoms with E-state index in [1.807, 2.05) is 54.5 Å². The summed E-state index contributed by atoms with van der Waals surface area (Å²) in [7, 11) is 1.91. The van der Waals surface area contributed by atoms with Crippen LogP contribution in [0, 0.1) is 5.92 Å². The highest BCUT2D eigenvalue weighted by Crippen LogP contribution is 2.25. The Morgan fingerprint density at radius 1 is 1.03 bits per heavy atom. The quantitative estimate of drug-likeness (QED) is 0.683. The number of benzene rings is 1. The van der Waals surface area contributed by atoms with Crippen molar-refractivity contribution in [2.24, 2.45) is 5.92 Å². The number of carbonyl (C=O) groups is 2. The van der Waals surface area contributed by atoms with Gasteiger partial charge in [-0.25, -0.2) is 0 Å². The molecule has 0 radical (unpaired) electrons. The Labute approximate surface area is 197 Å². The minimum atomic E-state index is 0.0238. The van der Waals surface area contributed by atoms with E-state index in [9.17, 15) is 9.59 Å². The van der Waals surface area contributed by atoms with Gasteiger partial charge in [0.25, 0.3) is 5.91 Å². The highest BCUT2D eigenvalue weighted by molar-refractivity contribution is 5.97. The van der Waals surface area contributed by atoms with Crippen LogP contribution in [0.1, 0.15) is 61.0 Å². The number of nitrogens with one attached hydrogen (secondary N) is 1. The highest BCUT2D eigenvalue weighted by Gasteiger charge is 2.26. The van der Waals surface area contributed by atoms with Crippen LogP contribution in [-0.4, -0.2) is 59.3 Å². The second kappa shape index (κ2) is 11.4. The zero-order valence-corrected chi connectivity index (χ0v) is 19.7. The molecule has 1 aromatic heterocycles. The maximum absolute atomic E-state index is 13.2. The summed E-state index contributed by atoms with van der Waals surface area (Å²) >= 11 is 0. The Kier molecular flexibility index (Phi) is 8.10. The summed E-state index contributed by atoms with van der Waals surface area (Å²) in [5.41, 5.74) is 2.48. The number of pyridine rings is 1. The molecule has 1 saturated carbocycles. The summed E-state index contributed by atoms with van der Waals surface area (Å²) in [6.45, 7) is 2.99. The molecule has 4 rings (SSSR count). The molecule has 176 valence electrons. The lowest BCUT2D eigenvalue weighted by molar-refractivity contribution is -0.120. The average Bonchev–Trinajstić information content (AvgIpc) is 2.88. The number of rotatable bonds is 7. The molecule has 2 heterocycles. The number of carbonyl (C=O) groups excluding carboxylic acids is 2. The fraction of sp³-hybridized carbons (Fsp3) is 0.519. The lowest BCUT2D eigenvalue weighted by atomic mass is 9.88. The Hall–Kier alpha value is -2.73. The van der Waals surface area contributed by atoms with Crippen molar-refractivity contribution in [3.8, 4) is 0 Å². The molecule has 6 nitrogen and oxygen atoms in total. The fourth-order valence-electron chi connectivity index (χ4n) is 5.06. The van der Waals surface area contributed by atoms with Crippen molar-refractivity contribution < 1.29 is 9.59 Å². The molecule has 1 aliphatic heterocycles. The molecule has 1 saturated heterocycles. The van der Waals surface area contributed by atoms with Crippen LogP contribution in [0.5, 0.6) is 0 Å². The Morgan fingerprint density at radius 2 is 1.82 bits per heavy atom. The molecule has 33 heavy (non-hydrogen) atoms. The summed E-state index contributed by atoms with van der Waals surface area (Å²) in [6, 6.07) is 13.7. The monoisotopic (exact) mass is 448 g/mol. The number of amides is 2. The second-order valence-corrected chi connectivity index (χ2v) is 9.46. The lowest BCUT2D eigenvalue weighted by Crippen LogP contribution is -2.46. The first-order valence-electron chi connectivity index (χ1n) is 12.4. The van der Waals surface area contributed by atoms with E-state index in [4.69, 9.17) is 0 Å². The third-order valence-corrected chi connectivity index (χ3v) is 7.19. The van der Waals surface area contributed by atoms with Gasteiger partial charge in [-0.05, 0) is 56.0 Å². The number of hydrogen-bond acceptors (Lipinski definition) is 4. The van der Waals surface area contributed by atoms with E-state index in [2.05, 4.69) is 21.3 Å². The summed E-state index contributed by atoms with van der Waals surface area (Å²) in [4.78, 5) is 34.5. The number of nitrogens with zero attached hydrogens (tertiary/aromatic N) is 3. The lowest BCUT2D eigenvalue weighted by Gasteiger charge is -2.36. The van der Waals surface area contributed by atoms with Crippen LogP contribution < -0.4 is 5.32 Å². The van der Waals surface area contributed by atoms with E-state index in [0.29, 0.717) is 11.3 Å². The van der Waals surface area contributed by atoms with E-state index in [1.54, 1.807) is 0 Å². The smallest absolute Gasteiger partial charge is 0.253 e. The van der Waals surface area contributed by atoms with Crippen molar-refractivity contribution in [3.05, 3.63) is 59.9 Å². The van der Waals surface area contributed by atoms with Crippen LogP contribution in [0.2, 0.25) is 0 Å². The van der Waals surface area contributed by atoms with Crippen molar-refractivity contribution in [1.29, 1.82) is 0 Å². The maximum atomic E-state index is 13.2. The van der Waals surface area contributed by atoms with Crippen molar-refractivity contribution in [2.75, 3.05) is 32.0 Å². The molecule has 2 amide bonds. The molecule has 1 N–H and O–H groups in total. The van der Waals surface area contributed by atoms with Gasteiger partial charge in [-0.3, -0.25) is 14.6 Å². The molecule has 1 aromatic carbocycles. The van der Waals surface area contributed by atoms with Crippen LogP contribution in [0.15, 0.2) is 48.7 Å². The molecule has 0 spiro atoms. The highest BCUT2D eigenvalue weighted by atomic mass is 16.2. The van der Waals surface area contributed by atoms with E-state index in [0.717, 1.165) is 70.3 Å². The minimum absolute atomic E-state index is 0.0238. The Balaban J connectivity index is 1.27. The second-order valence-electron chi connectivity index (χ2n) is 9.46. The van der Waals surface area contributed by atoms with Crippen LogP contribution in [-0.2, 0) is 11.2 Å². The van der Waals surface area contributed by atoms with Crippen LogP contribution in [0.3, 0.4) is 0 Å². The summed E-state index contributed by atoms with van der Waals surface area (Å²) < 4.78 is 0. The van der Waals surface area contributed by atoms with Gasteiger partial charge < -0.3 is 15.1 Å². The SMILES string of the molecule is CN(C(=O)c1cccc(NC(=O)C2CCCCC2)c1)C1CCN(CCc2ccccn2)CC1. The molecule has 0 unspecified atom stereocenters. The zero-order chi connectivity index (χ0) is 23.0. The number of anilines is 1. The van der Waals surface area contributed by atoms with Crippen molar-refractivity contribution >= 4 is 17.5 Å². The molecular weight excluding hydrogens is 412 g/mol. The van der Waals surface area contributed by atoms with Crippen LogP contribution in [0.4, 0.5) is 5.69 Å². The normalized spacial score (nSPS) is 18.1. The van der Waals surface area contributed by atoms with Crippen LogP contribution >= 0.6 is 0 Å². The molecule has 1 aliphatic carbocycles. The summed E-state index contributed by atoms with van der Waals surface area (Å²) in [5.74, 6) is 0.213. The zero-order valence-electron chi connectivity index (χ0n) is 19.7. The van der Waals surface area contributed by atoms with E-state index in [-0.39, 0.29) is 23.8 Å². The molecular formula is C27H36N4O2.